The lowest BCUT2D eigenvalue weighted by molar-refractivity contribution is -0.274. The summed E-state index contributed by atoms with van der Waals surface area (Å²) in [6.07, 6.45) is -0.370. The van der Waals surface area contributed by atoms with Gasteiger partial charge in [-0.05, 0) is 24.3 Å². The van der Waals surface area contributed by atoms with E-state index in [1.54, 1.807) is 18.2 Å². The Morgan fingerprint density at radius 1 is 1.16 bits per heavy atom. The highest BCUT2D eigenvalue weighted by atomic mass is 19.4. The Morgan fingerprint density at radius 3 is 2.56 bits per heavy atom. The molecule has 0 unspecified atom stereocenters. The SMILES string of the molecule is O=C1CC=CC=C1c1c(C(=O)O)n(Cc2ccccc2F)c2ccc(OC(F)(F)F)cc12. The van der Waals surface area contributed by atoms with Gasteiger partial charge in [-0.15, -0.1) is 13.2 Å². The molecule has 32 heavy (non-hydrogen) atoms. The summed E-state index contributed by atoms with van der Waals surface area (Å²) >= 11 is 0. The second kappa shape index (κ2) is 7.99. The van der Waals surface area contributed by atoms with E-state index in [9.17, 15) is 32.3 Å². The van der Waals surface area contributed by atoms with Gasteiger partial charge < -0.3 is 14.4 Å². The molecule has 1 aliphatic carbocycles. The molecule has 0 saturated heterocycles. The van der Waals surface area contributed by atoms with Crippen molar-refractivity contribution in [3.05, 3.63) is 83.3 Å². The van der Waals surface area contributed by atoms with Crippen LogP contribution in [0.4, 0.5) is 17.6 Å². The van der Waals surface area contributed by atoms with Gasteiger partial charge in [-0.1, -0.05) is 36.4 Å². The van der Waals surface area contributed by atoms with Gasteiger partial charge in [-0.2, -0.15) is 0 Å². The smallest absolute Gasteiger partial charge is 0.477 e. The van der Waals surface area contributed by atoms with E-state index in [2.05, 4.69) is 4.74 Å². The normalized spacial score (nSPS) is 14.0. The minimum absolute atomic E-state index is 0.0175. The number of aromatic nitrogens is 1. The van der Waals surface area contributed by atoms with E-state index < -0.39 is 23.9 Å². The van der Waals surface area contributed by atoms with Crippen LogP contribution in [0.3, 0.4) is 0 Å². The highest BCUT2D eigenvalue weighted by Gasteiger charge is 2.33. The summed E-state index contributed by atoms with van der Waals surface area (Å²) in [6, 6.07) is 9.09. The lowest BCUT2D eigenvalue weighted by Crippen LogP contribution is -2.17. The van der Waals surface area contributed by atoms with Gasteiger partial charge in [-0.25, -0.2) is 9.18 Å². The first-order valence-electron chi connectivity index (χ1n) is 9.45. The van der Waals surface area contributed by atoms with Gasteiger partial charge in [0.2, 0.25) is 0 Å². The van der Waals surface area contributed by atoms with Crippen LogP contribution in [0.1, 0.15) is 28.0 Å². The van der Waals surface area contributed by atoms with Gasteiger partial charge in [0.05, 0.1) is 6.54 Å². The third kappa shape index (κ3) is 4.01. The number of aromatic carboxylic acids is 1. The van der Waals surface area contributed by atoms with Crippen LogP contribution in [-0.2, 0) is 11.3 Å². The second-order valence-electron chi connectivity index (χ2n) is 7.07. The molecule has 3 aromatic rings. The van der Waals surface area contributed by atoms with E-state index in [0.717, 1.165) is 12.1 Å². The van der Waals surface area contributed by atoms with Crippen LogP contribution in [0.5, 0.6) is 5.75 Å². The third-order valence-corrected chi connectivity index (χ3v) is 5.03. The van der Waals surface area contributed by atoms with Gasteiger partial charge >= 0.3 is 12.3 Å². The average molecular weight is 445 g/mol. The number of benzene rings is 2. The maximum atomic E-state index is 14.3. The summed E-state index contributed by atoms with van der Waals surface area (Å²) in [5.41, 5.74) is 0.0795. The van der Waals surface area contributed by atoms with Gasteiger partial charge in [-0.3, -0.25) is 4.79 Å². The number of carbonyl (C=O) groups excluding carboxylic acids is 1. The van der Waals surface area contributed by atoms with Crippen molar-refractivity contribution >= 4 is 28.2 Å². The van der Waals surface area contributed by atoms with Gasteiger partial charge in [0.1, 0.15) is 17.3 Å². The zero-order valence-electron chi connectivity index (χ0n) is 16.3. The first-order chi connectivity index (χ1) is 15.2. The first-order valence-corrected chi connectivity index (χ1v) is 9.45. The number of hydrogen-bond acceptors (Lipinski definition) is 3. The van der Waals surface area contributed by atoms with E-state index in [4.69, 9.17) is 0 Å². The number of nitrogens with zero attached hydrogens (tertiary/aromatic N) is 1. The fraction of sp³-hybridized carbons (Fsp3) is 0.130. The summed E-state index contributed by atoms with van der Waals surface area (Å²) in [5, 5.41) is 10.1. The molecule has 0 atom stereocenters. The van der Waals surface area contributed by atoms with E-state index in [0.29, 0.717) is 0 Å². The Balaban J connectivity index is 2.02. The molecule has 1 N–H and O–H groups in total. The molecule has 0 saturated carbocycles. The largest absolute Gasteiger partial charge is 0.573 e. The molecule has 0 fully saturated rings. The number of ether oxygens (including phenoxy) is 1. The molecule has 5 nitrogen and oxygen atoms in total. The first kappa shape index (κ1) is 21.4. The van der Waals surface area contributed by atoms with Crippen LogP contribution < -0.4 is 4.74 Å². The molecular weight excluding hydrogens is 430 g/mol. The Kier molecular flexibility index (Phi) is 5.33. The lowest BCUT2D eigenvalue weighted by atomic mass is 9.93. The van der Waals surface area contributed by atoms with Gasteiger partial charge in [0.15, 0.2) is 5.78 Å². The van der Waals surface area contributed by atoms with Crippen molar-refractivity contribution in [2.45, 2.75) is 19.3 Å². The number of carboxylic acids is 1. The maximum absolute atomic E-state index is 14.3. The molecule has 9 heteroatoms. The zero-order chi connectivity index (χ0) is 23.0. The van der Waals surface area contributed by atoms with Crippen LogP contribution in [-0.4, -0.2) is 27.8 Å². The molecule has 0 amide bonds. The van der Waals surface area contributed by atoms with Crippen LogP contribution >= 0.6 is 0 Å². The van der Waals surface area contributed by atoms with Crippen molar-refractivity contribution in [1.29, 1.82) is 0 Å². The summed E-state index contributed by atoms with van der Waals surface area (Å²) < 4.78 is 57.9. The second-order valence-corrected chi connectivity index (χ2v) is 7.07. The molecule has 0 radical (unpaired) electrons. The number of carboxylic acid groups (broad SMARTS) is 1. The number of carbonyl (C=O) groups is 2. The quantitative estimate of drug-likeness (QED) is 0.539. The van der Waals surface area contributed by atoms with Crippen molar-refractivity contribution in [3.8, 4) is 5.75 Å². The predicted molar refractivity (Wildman–Crippen MR) is 108 cm³/mol. The molecule has 0 bridgehead atoms. The molecule has 1 aromatic heterocycles. The van der Waals surface area contributed by atoms with E-state index in [1.807, 2.05) is 0 Å². The maximum Gasteiger partial charge on any atom is 0.573 e. The molecule has 4 rings (SSSR count). The summed E-state index contributed by atoms with van der Waals surface area (Å²) in [7, 11) is 0. The Hall–Kier alpha value is -3.88. The van der Waals surface area contributed by atoms with Gasteiger partial charge in [0, 0.05) is 34.0 Å². The van der Waals surface area contributed by atoms with Crippen molar-refractivity contribution in [1.82, 2.24) is 4.57 Å². The monoisotopic (exact) mass is 445 g/mol. The Morgan fingerprint density at radius 2 is 1.91 bits per heavy atom. The topological polar surface area (TPSA) is 68.5 Å². The Bertz CT molecular complexity index is 1300. The molecular formula is C23H15F4NO4. The summed E-state index contributed by atoms with van der Waals surface area (Å²) in [5.74, 6) is -2.93. The van der Waals surface area contributed by atoms with Crippen molar-refractivity contribution in [2.75, 3.05) is 0 Å². The number of fused-ring (bicyclic) bond motifs is 1. The molecule has 1 heterocycles. The minimum atomic E-state index is -4.96. The van der Waals surface area contributed by atoms with E-state index in [1.165, 1.54) is 34.9 Å². The minimum Gasteiger partial charge on any atom is -0.477 e. The Labute approximate surface area is 178 Å². The van der Waals surface area contributed by atoms with Gasteiger partial charge in [0.25, 0.3) is 0 Å². The molecule has 164 valence electrons. The third-order valence-electron chi connectivity index (χ3n) is 5.03. The lowest BCUT2D eigenvalue weighted by Gasteiger charge is -2.12. The number of hydrogen-bond donors (Lipinski definition) is 1. The van der Waals surface area contributed by atoms with Crippen LogP contribution in [0.15, 0.2) is 60.7 Å². The van der Waals surface area contributed by atoms with Crippen LogP contribution in [0.25, 0.3) is 16.5 Å². The summed E-state index contributed by atoms with van der Waals surface area (Å²) in [6.45, 7) is -0.207. The average Bonchev–Trinajstić information content (AvgIpc) is 3.02. The van der Waals surface area contributed by atoms with Crippen molar-refractivity contribution in [2.24, 2.45) is 0 Å². The fourth-order valence-electron chi connectivity index (χ4n) is 3.75. The molecule has 0 spiro atoms. The summed E-state index contributed by atoms with van der Waals surface area (Å²) in [4.78, 5) is 24.8. The number of halogens is 4. The number of Topliss-reactive ketones (excluding diaryl/α,β-unsaturated/α-hetero) is 1. The van der Waals surface area contributed by atoms with Crippen LogP contribution in [0.2, 0.25) is 0 Å². The predicted octanol–water partition coefficient (Wildman–Crippen LogP) is 5.34. The van der Waals surface area contributed by atoms with Crippen molar-refractivity contribution < 1.29 is 37.0 Å². The number of rotatable bonds is 5. The van der Waals surface area contributed by atoms with E-state index in [-0.39, 0.29) is 52.0 Å². The molecule has 2 aromatic carbocycles. The molecule has 1 aliphatic rings. The number of allylic oxidation sites excluding steroid dienone is 4. The van der Waals surface area contributed by atoms with E-state index >= 15 is 0 Å². The highest BCUT2D eigenvalue weighted by molar-refractivity contribution is 6.27. The standard InChI is InChI=1S/C23H15F4NO4/c24-17-7-3-1-5-13(17)12-28-18-10-9-14(32-23(25,26)27)11-16(18)20(21(28)22(30)31)15-6-2-4-8-19(15)29/h1-7,9-11H,8,12H2,(H,30,31). The zero-order valence-corrected chi connectivity index (χ0v) is 16.3. The number of alkyl halides is 3. The van der Waals surface area contributed by atoms with Crippen LogP contribution in [0, 0.1) is 5.82 Å². The highest BCUT2D eigenvalue weighted by Crippen LogP contribution is 2.37. The van der Waals surface area contributed by atoms with Crippen molar-refractivity contribution in [3.63, 3.8) is 0 Å². The number of ketones is 1. The molecule has 0 aliphatic heterocycles. The fourth-order valence-corrected chi connectivity index (χ4v) is 3.75.